The highest BCUT2D eigenvalue weighted by Gasteiger charge is 2.21. The summed E-state index contributed by atoms with van der Waals surface area (Å²) in [7, 11) is 0. The van der Waals surface area contributed by atoms with E-state index in [-0.39, 0.29) is 5.41 Å². The first-order chi connectivity index (χ1) is 9.81. The zero-order chi connectivity index (χ0) is 15.6. The Morgan fingerprint density at radius 1 is 1.38 bits per heavy atom. The van der Waals surface area contributed by atoms with E-state index in [1.165, 1.54) is 0 Å². The molecular weight excluding hydrogens is 282 g/mol. The number of hydrogen-bond acceptors (Lipinski definition) is 4. The molecule has 5 heteroatoms. The van der Waals surface area contributed by atoms with Gasteiger partial charge in [-0.15, -0.1) is 11.3 Å². The number of aliphatic hydroxyl groups is 1. The summed E-state index contributed by atoms with van der Waals surface area (Å²) < 4.78 is 1.96. The van der Waals surface area contributed by atoms with Crippen molar-refractivity contribution < 1.29 is 5.11 Å². The predicted octanol–water partition coefficient (Wildman–Crippen LogP) is 3.88. The first-order valence-electron chi connectivity index (χ1n) is 7.49. The third-order valence-electron chi connectivity index (χ3n) is 3.61. The minimum Gasteiger partial charge on any atom is -0.386 e. The van der Waals surface area contributed by atoms with Crippen molar-refractivity contribution in [1.29, 1.82) is 0 Å². The van der Waals surface area contributed by atoms with Gasteiger partial charge in [0.25, 0.3) is 0 Å². The molecule has 2 rings (SSSR count). The Hall–Kier alpha value is -1.20. The highest BCUT2D eigenvalue weighted by atomic mass is 32.1. The number of hydrogen-bond donors (Lipinski definition) is 1. The zero-order valence-electron chi connectivity index (χ0n) is 13.5. The van der Waals surface area contributed by atoms with Gasteiger partial charge in [-0.05, 0) is 19.4 Å². The van der Waals surface area contributed by atoms with Crippen LogP contribution >= 0.6 is 11.3 Å². The standard InChI is InChI=1S/C16H25N3OS/c1-6-11(2)19-8-7-12(18-19)9-14(20)13-10-21-15(17-13)16(3,4)5/h7-8,10-11,14,20H,6,9H2,1-5H3. The summed E-state index contributed by atoms with van der Waals surface area (Å²) in [6, 6.07) is 2.37. The van der Waals surface area contributed by atoms with Crippen molar-refractivity contribution >= 4 is 11.3 Å². The largest absolute Gasteiger partial charge is 0.386 e. The molecule has 0 radical (unpaired) electrons. The SMILES string of the molecule is CCC(C)n1ccc(CC(O)c2csc(C(C)(C)C)n2)n1. The molecule has 0 fully saturated rings. The van der Waals surface area contributed by atoms with Crippen LogP contribution in [0.3, 0.4) is 0 Å². The minimum absolute atomic E-state index is 0.0285. The van der Waals surface area contributed by atoms with Gasteiger partial charge >= 0.3 is 0 Å². The van der Waals surface area contributed by atoms with E-state index >= 15 is 0 Å². The van der Waals surface area contributed by atoms with E-state index in [0.717, 1.165) is 22.8 Å². The van der Waals surface area contributed by atoms with Crippen LogP contribution in [0.4, 0.5) is 0 Å². The van der Waals surface area contributed by atoms with Gasteiger partial charge in [0.1, 0.15) is 6.10 Å². The number of rotatable bonds is 5. The van der Waals surface area contributed by atoms with Crippen LogP contribution in [0.15, 0.2) is 17.6 Å². The van der Waals surface area contributed by atoms with Gasteiger partial charge in [0.05, 0.1) is 16.4 Å². The van der Waals surface area contributed by atoms with Crippen LogP contribution < -0.4 is 0 Å². The molecule has 116 valence electrons. The average molecular weight is 307 g/mol. The van der Waals surface area contributed by atoms with Crippen molar-refractivity contribution in [3.8, 4) is 0 Å². The van der Waals surface area contributed by atoms with Crippen molar-refractivity contribution in [3.63, 3.8) is 0 Å². The first-order valence-corrected chi connectivity index (χ1v) is 8.37. The Kier molecular flexibility index (Phi) is 4.84. The van der Waals surface area contributed by atoms with Gasteiger partial charge in [0, 0.05) is 29.5 Å². The summed E-state index contributed by atoms with van der Waals surface area (Å²) in [5.74, 6) is 0. The topological polar surface area (TPSA) is 50.9 Å². The third kappa shape index (κ3) is 3.92. The lowest BCUT2D eigenvalue weighted by Crippen LogP contribution is -2.11. The second kappa shape index (κ2) is 6.28. The quantitative estimate of drug-likeness (QED) is 0.912. The molecule has 0 aliphatic heterocycles. The number of nitrogens with zero attached hydrogens (tertiary/aromatic N) is 3. The maximum atomic E-state index is 10.4. The van der Waals surface area contributed by atoms with E-state index in [9.17, 15) is 5.11 Å². The lowest BCUT2D eigenvalue weighted by Gasteiger charge is -2.14. The lowest BCUT2D eigenvalue weighted by molar-refractivity contribution is 0.172. The Morgan fingerprint density at radius 3 is 2.67 bits per heavy atom. The molecule has 0 spiro atoms. The molecule has 0 bridgehead atoms. The van der Waals surface area contributed by atoms with E-state index in [2.05, 4.69) is 44.7 Å². The second-order valence-electron chi connectivity index (χ2n) is 6.59. The number of thiazole rings is 1. The first kappa shape index (κ1) is 16.2. The molecule has 4 nitrogen and oxygen atoms in total. The monoisotopic (exact) mass is 307 g/mol. The molecule has 0 aliphatic rings. The summed E-state index contributed by atoms with van der Waals surface area (Å²) in [5.41, 5.74) is 1.69. The molecule has 2 heterocycles. The minimum atomic E-state index is -0.586. The lowest BCUT2D eigenvalue weighted by atomic mass is 9.98. The summed E-state index contributed by atoms with van der Waals surface area (Å²) in [5, 5.41) is 17.9. The fourth-order valence-electron chi connectivity index (χ4n) is 2.01. The molecule has 0 aromatic carbocycles. The molecule has 1 N–H and O–H groups in total. The Balaban J connectivity index is 2.06. The van der Waals surface area contributed by atoms with Crippen LogP contribution in [0.1, 0.15) is 69.6 Å². The molecule has 21 heavy (non-hydrogen) atoms. The maximum absolute atomic E-state index is 10.4. The molecule has 2 unspecified atom stereocenters. The summed E-state index contributed by atoms with van der Waals surface area (Å²) in [4.78, 5) is 4.57. The number of aliphatic hydroxyl groups excluding tert-OH is 1. The zero-order valence-corrected chi connectivity index (χ0v) is 14.3. The molecule has 0 saturated carbocycles. The normalized spacial score (nSPS) is 15.1. The Bertz CT molecular complexity index is 582. The fraction of sp³-hybridized carbons (Fsp3) is 0.625. The van der Waals surface area contributed by atoms with Gasteiger partial charge in [-0.3, -0.25) is 4.68 Å². The van der Waals surface area contributed by atoms with Crippen molar-refractivity contribution in [1.82, 2.24) is 14.8 Å². The fourth-order valence-corrected chi connectivity index (χ4v) is 2.96. The van der Waals surface area contributed by atoms with Crippen molar-refractivity contribution in [3.05, 3.63) is 34.0 Å². The van der Waals surface area contributed by atoms with E-state index in [1.54, 1.807) is 11.3 Å². The Labute approximate surface area is 130 Å². The van der Waals surface area contributed by atoms with Gasteiger partial charge in [0.2, 0.25) is 0 Å². The predicted molar refractivity (Wildman–Crippen MR) is 86.7 cm³/mol. The van der Waals surface area contributed by atoms with E-state index < -0.39 is 6.10 Å². The van der Waals surface area contributed by atoms with Crippen molar-refractivity contribution in [2.75, 3.05) is 0 Å². The van der Waals surface area contributed by atoms with Crippen LogP contribution in [0.5, 0.6) is 0 Å². The van der Waals surface area contributed by atoms with E-state index in [1.807, 2.05) is 22.3 Å². The molecule has 0 aliphatic carbocycles. The highest BCUT2D eigenvalue weighted by Crippen LogP contribution is 2.28. The van der Waals surface area contributed by atoms with Gasteiger partial charge < -0.3 is 5.11 Å². The van der Waals surface area contributed by atoms with Gasteiger partial charge in [-0.2, -0.15) is 5.10 Å². The van der Waals surface area contributed by atoms with Crippen LogP contribution in [0.25, 0.3) is 0 Å². The molecule has 0 saturated heterocycles. The summed E-state index contributed by atoms with van der Waals surface area (Å²) in [6.07, 6.45) is 2.96. The molecule has 2 aromatic heterocycles. The number of aromatic nitrogens is 3. The third-order valence-corrected chi connectivity index (χ3v) is 4.90. The molecule has 0 amide bonds. The maximum Gasteiger partial charge on any atom is 0.102 e. The summed E-state index contributed by atoms with van der Waals surface area (Å²) in [6.45, 7) is 10.7. The van der Waals surface area contributed by atoms with Crippen molar-refractivity contribution in [2.45, 2.75) is 65.0 Å². The second-order valence-corrected chi connectivity index (χ2v) is 7.45. The van der Waals surface area contributed by atoms with Crippen LogP contribution in [0.2, 0.25) is 0 Å². The Morgan fingerprint density at radius 2 is 2.10 bits per heavy atom. The van der Waals surface area contributed by atoms with Gasteiger partial charge in [0.15, 0.2) is 0 Å². The molecule has 2 atom stereocenters. The summed E-state index contributed by atoms with van der Waals surface area (Å²) >= 11 is 1.61. The van der Waals surface area contributed by atoms with E-state index in [0.29, 0.717) is 12.5 Å². The van der Waals surface area contributed by atoms with Crippen LogP contribution in [-0.2, 0) is 11.8 Å². The van der Waals surface area contributed by atoms with Gasteiger partial charge in [-0.1, -0.05) is 27.7 Å². The van der Waals surface area contributed by atoms with E-state index in [4.69, 9.17) is 0 Å². The molecule has 2 aromatic rings. The molecular formula is C16H25N3OS. The smallest absolute Gasteiger partial charge is 0.102 e. The highest BCUT2D eigenvalue weighted by molar-refractivity contribution is 7.09. The van der Waals surface area contributed by atoms with Crippen molar-refractivity contribution in [2.24, 2.45) is 0 Å². The van der Waals surface area contributed by atoms with Crippen LogP contribution in [0, 0.1) is 0 Å². The average Bonchev–Trinajstić information content (AvgIpc) is 3.05. The van der Waals surface area contributed by atoms with Gasteiger partial charge in [-0.25, -0.2) is 4.98 Å². The van der Waals surface area contributed by atoms with Crippen LogP contribution in [-0.4, -0.2) is 19.9 Å².